The van der Waals surface area contributed by atoms with E-state index >= 15 is 0 Å². The molecule has 0 spiro atoms. The number of hydrogen-bond donors (Lipinski definition) is 2. The molecule has 35 heavy (non-hydrogen) atoms. The topological polar surface area (TPSA) is 92.9 Å². The molecule has 1 fully saturated rings. The van der Waals surface area contributed by atoms with Gasteiger partial charge in [0.1, 0.15) is 12.7 Å². The second kappa shape index (κ2) is 9.67. The molecule has 2 N–H and O–H groups in total. The Balaban J connectivity index is 1.46. The number of rotatable bonds is 7. The molecule has 1 aromatic carbocycles. The average Bonchev–Trinajstić information content (AvgIpc) is 3.57. The Morgan fingerprint density at radius 1 is 1.09 bits per heavy atom. The number of benzene rings is 1. The van der Waals surface area contributed by atoms with Crippen LogP contribution in [0, 0.1) is 13.8 Å². The maximum Gasteiger partial charge on any atom is 0.226 e. The zero-order valence-corrected chi connectivity index (χ0v) is 20.3. The van der Waals surface area contributed by atoms with Gasteiger partial charge in [-0.3, -0.25) is 14.5 Å². The molecule has 4 aromatic rings. The molecule has 1 aliphatic heterocycles. The van der Waals surface area contributed by atoms with Gasteiger partial charge < -0.3 is 15.5 Å². The smallest absolute Gasteiger partial charge is 0.226 e. The maximum atomic E-state index is 12.7. The highest BCUT2D eigenvalue weighted by Crippen LogP contribution is 2.40. The second-order valence-corrected chi connectivity index (χ2v) is 8.85. The average molecular weight is 487 g/mol. The van der Waals surface area contributed by atoms with Gasteiger partial charge in [-0.25, -0.2) is 4.68 Å². The van der Waals surface area contributed by atoms with E-state index in [0.717, 1.165) is 28.3 Å². The van der Waals surface area contributed by atoms with Crippen molar-refractivity contribution < 1.29 is 4.79 Å². The number of hydrogen-bond acceptors (Lipinski definition) is 5. The van der Waals surface area contributed by atoms with E-state index in [2.05, 4.69) is 48.4 Å². The molecule has 0 aliphatic carbocycles. The molecule has 178 valence electrons. The fourth-order valence-corrected chi connectivity index (χ4v) is 5.01. The zero-order valence-electron chi connectivity index (χ0n) is 19.5. The minimum atomic E-state index is -0.157. The minimum Gasteiger partial charge on any atom is -0.352 e. The van der Waals surface area contributed by atoms with Crippen LogP contribution < -0.4 is 10.6 Å². The Bertz CT molecular complexity index is 1320. The SMILES string of the molecule is Cc1cc([C@@H]2[C@H](c3ccccn3)NC(=S)N2CCC(=O)Nc2ccccc2)c(C)n1-n1cnnc1. The van der Waals surface area contributed by atoms with Gasteiger partial charge in [0.15, 0.2) is 5.11 Å². The number of carbonyl (C=O) groups excluding carboxylic acids is 1. The summed E-state index contributed by atoms with van der Waals surface area (Å²) in [7, 11) is 0. The number of nitrogens with one attached hydrogen (secondary N) is 2. The van der Waals surface area contributed by atoms with E-state index in [-0.39, 0.29) is 18.0 Å². The summed E-state index contributed by atoms with van der Waals surface area (Å²) in [6, 6.07) is 17.2. The Morgan fingerprint density at radius 3 is 2.54 bits per heavy atom. The van der Waals surface area contributed by atoms with Crippen LogP contribution >= 0.6 is 12.2 Å². The molecule has 10 heteroatoms. The molecule has 9 nitrogen and oxygen atoms in total. The molecule has 5 rings (SSSR count). The molecule has 0 radical (unpaired) electrons. The summed E-state index contributed by atoms with van der Waals surface area (Å²) in [5, 5.41) is 14.9. The van der Waals surface area contributed by atoms with Crippen LogP contribution in [-0.4, -0.2) is 47.0 Å². The number of pyridine rings is 1. The van der Waals surface area contributed by atoms with Crippen molar-refractivity contribution in [1.29, 1.82) is 0 Å². The first-order chi connectivity index (χ1) is 17.0. The van der Waals surface area contributed by atoms with Gasteiger partial charge in [-0.05, 0) is 56.4 Å². The van der Waals surface area contributed by atoms with Gasteiger partial charge >= 0.3 is 0 Å². The van der Waals surface area contributed by atoms with E-state index in [0.29, 0.717) is 18.1 Å². The third-order valence-electron chi connectivity index (χ3n) is 6.23. The molecule has 0 saturated carbocycles. The maximum absolute atomic E-state index is 12.7. The van der Waals surface area contributed by atoms with Crippen molar-refractivity contribution >= 4 is 28.9 Å². The van der Waals surface area contributed by atoms with E-state index in [1.807, 2.05) is 60.1 Å². The molecule has 1 saturated heterocycles. The van der Waals surface area contributed by atoms with Gasteiger partial charge in [-0.15, -0.1) is 10.2 Å². The molecule has 0 bridgehead atoms. The van der Waals surface area contributed by atoms with Crippen molar-refractivity contribution in [3.05, 3.63) is 96.1 Å². The molecule has 2 atom stereocenters. The van der Waals surface area contributed by atoms with Gasteiger partial charge in [0, 0.05) is 41.8 Å². The van der Waals surface area contributed by atoms with Crippen molar-refractivity contribution in [3.63, 3.8) is 0 Å². The van der Waals surface area contributed by atoms with Gasteiger partial charge in [-0.1, -0.05) is 24.3 Å². The molecule has 4 heterocycles. The highest BCUT2D eigenvalue weighted by atomic mass is 32.1. The molecule has 1 aliphatic rings. The largest absolute Gasteiger partial charge is 0.352 e. The number of carbonyl (C=O) groups is 1. The quantitative estimate of drug-likeness (QED) is 0.387. The van der Waals surface area contributed by atoms with Crippen LogP contribution in [0.3, 0.4) is 0 Å². The Labute approximate surface area is 208 Å². The summed E-state index contributed by atoms with van der Waals surface area (Å²) >= 11 is 5.76. The van der Waals surface area contributed by atoms with E-state index in [1.165, 1.54) is 0 Å². The standard InChI is InChI=1S/C25H26N8OS/c1-17-14-20(18(2)33(17)31-15-27-28-16-31)24-23(21-10-6-7-12-26-21)30-25(35)32(24)13-11-22(34)29-19-8-4-3-5-9-19/h3-10,12,14-16,23-24H,11,13H2,1-2H3,(H,29,34)(H,30,35)/t23-,24+/m0/s1. The van der Waals surface area contributed by atoms with E-state index < -0.39 is 0 Å². The minimum absolute atomic E-state index is 0.0611. The van der Waals surface area contributed by atoms with Gasteiger partial charge in [0.25, 0.3) is 0 Å². The first-order valence-corrected chi connectivity index (χ1v) is 11.8. The third kappa shape index (κ3) is 4.52. The van der Waals surface area contributed by atoms with E-state index in [4.69, 9.17) is 12.2 Å². The molecule has 3 aromatic heterocycles. The van der Waals surface area contributed by atoms with Gasteiger partial charge in [0.2, 0.25) is 5.91 Å². The number of amides is 1. The van der Waals surface area contributed by atoms with Gasteiger partial charge in [0.05, 0.1) is 17.8 Å². The second-order valence-electron chi connectivity index (χ2n) is 8.46. The lowest BCUT2D eigenvalue weighted by Crippen LogP contribution is -2.33. The Kier molecular flexibility index (Phi) is 6.28. The summed E-state index contributed by atoms with van der Waals surface area (Å²) in [5.74, 6) is -0.0611. The van der Waals surface area contributed by atoms with Crippen LogP contribution in [-0.2, 0) is 4.79 Å². The van der Waals surface area contributed by atoms with Gasteiger partial charge in [-0.2, -0.15) is 0 Å². The predicted molar refractivity (Wildman–Crippen MR) is 137 cm³/mol. The van der Waals surface area contributed by atoms with Crippen LogP contribution in [0.1, 0.15) is 41.1 Å². The molecule has 0 unspecified atom stereocenters. The first-order valence-electron chi connectivity index (χ1n) is 11.4. The van der Waals surface area contributed by atoms with Crippen LogP contribution in [0.15, 0.2) is 73.4 Å². The third-order valence-corrected chi connectivity index (χ3v) is 6.58. The summed E-state index contributed by atoms with van der Waals surface area (Å²) in [6.45, 7) is 4.58. The molecular weight excluding hydrogens is 460 g/mol. The van der Waals surface area contributed by atoms with Crippen molar-refractivity contribution in [1.82, 2.24) is 34.8 Å². The normalized spacial score (nSPS) is 17.4. The number of para-hydroxylation sites is 1. The Hall–Kier alpha value is -4.05. The molecule has 1 amide bonds. The van der Waals surface area contributed by atoms with Crippen molar-refractivity contribution in [2.75, 3.05) is 11.9 Å². The van der Waals surface area contributed by atoms with E-state index in [1.54, 1.807) is 18.9 Å². The summed E-state index contributed by atoms with van der Waals surface area (Å²) in [6.07, 6.45) is 5.42. The first kappa shape index (κ1) is 22.7. The Morgan fingerprint density at radius 2 is 1.83 bits per heavy atom. The number of anilines is 1. The summed E-state index contributed by atoms with van der Waals surface area (Å²) in [4.78, 5) is 19.4. The fraction of sp³-hybridized carbons (Fsp3) is 0.240. The van der Waals surface area contributed by atoms with Crippen LogP contribution in [0.4, 0.5) is 5.69 Å². The lowest BCUT2D eigenvalue weighted by molar-refractivity contribution is -0.116. The highest BCUT2D eigenvalue weighted by Gasteiger charge is 2.41. The lowest BCUT2D eigenvalue weighted by atomic mass is 9.96. The number of thiocarbonyl (C=S) groups is 1. The van der Waals surface area contributed by atoms with Crippen molar-refractivity contribution in [2.24, 2.45) is 0 Å². The van der Waals surface area contributed by atoms with Crippen molar-refractivity contribution in [2.45, 2.75) is 32.4 Å². The summed E-state index contributed by atoms with van der Waals surface area (Å²) < 4.78 is 3.91. The lowest BCUT2D eigenvalue weighted by Gasteiger charge is -2.28. The monoisotopic (exact) mass is 486 g/mol. The predicted octanol–water partition coefficient (Wildman–Crippen LogP) is 3.40. The fourth-order valence-electron chi connectivity index (χ4n) is 4.68. The zero-order chi connectivity index (χ0) is 24.4. The number of nitrogens with zero attached hydrogens (tertiary/aromatic N) is 6. The van der Waals surface area contributed by atoms with Crippen molar-refractivity contribution in [3.8, 4) is 0 Å². The number of aryl methyl sites for hydroxylation is 1. The van der Waals surface area contributed by atoms with Crippen LogP contribution in [0.2, 0.25) is 0 Å². The highest BCUT2D eigenvalue weighted by molar-refractivity contribution is 7.80. The van der Waals surface area contributed by atoms with Crippen LogP contribution in [0.5, 0.6) is 0 Å². The van der Waals surface area contributed by atoms with E-state index in [9.17, 15) is 4.79 Å². The summed E-state index contributed by atoms with van der Waals surface area (Å²) in [5.41, 5.74) is 4.85. The number of aromatic nitrogens is 5. The molecular formula is C25H26N8OS. The van der Waals surface area contributed by atoms with Crippen LogP contribution in [0.25, 0.3) is 0 Å².